The Morgan fingerprint density at radius 2 is 2.46 bits per heavy atom. The number of aromatic nitrogens is 2. The summed E-state index contributed by atoms with van der Waals surface area (Å²) < 4.78 is 0. The van der Waals surface area contributed by atoms with Gasteiger partial charge in [0.1, 0.15) is 0 Å². The first-order chi connectivity index (χ1) is 6.29. The Morgan fingerprint density at radius 3 is 3.00 bits per heavy atom. The number of anilines is 1. The largest absolute Gasteiger partial charge is 0.336 e. The highest BCUT2D eigenvalue weighted by Crippen LogP contribution is 2.15. The van der Waals surface area contributed by atoms with Gasteiger partial charge in [0.2, 0.25) is 0 Å². The van der Waals surface area contributed by atoms with Crippen LogP contribution in [0, 0.1) is 0 Å². The molecule has 0 unspecified atom stereocenters. The molecule has 1 aliphatic heterocycles. The second-order valence-electron chi connectivity index (χ2n) is 2.97. The minimum atomic E-state index is -0.104. The molecule has 5 nitrogen and oxygen atoms in total. The maximum atomic E-state index is 11.3. The number of carbonyl (C=O) groups is 1. The lowest BCUT2D eigenvalue weighted by molar-refractivity contribution is 0.251. The lowest BCUT2D eigenvalue weighted by atomic mass is 10.3. The maximum absolute atomic E-state index is 11.3. The molecule has 2 heterocycles. The Labute approximate surface area is 75.8 Å². The summed E-state index contributed by atoms with van der Waals surface area (Å²) in [6.45, 7) is 2.63. The number of rotatable bonds is 1. The van der Waals surface area contributed by atoms with Crippen LogP contribution in [0.25, 0.3) is 0 Å². The molecule has 0 aromatic carbocycles. The monoisotopic (exact) mass is 178 g/mol. The number of nitrogens with zero attached hydrogens (tertiary/aromatic N) is 3. The summed E-state index contributed by atoms with van der Waals surface area (Å²) in [6, 6.07) is 0.0391. The first kappa shape index (κ1) is 7.97. The summed E-state index contributed by atoms with van der Waals surface area (Å²) in [4.78, 5) is 20.9. The fourth-order valence-electron chi connectivity index (χ4n) is 1.36. The zero-order chi connectivity index (χ0) is 9.26. The number of hydrogen-bond donors (Lipinski definition) is 1. The van der Waals surface area contributed by atoms with E-state index in [4.69, 9.17) is 0 Å². The van der Waals surface area contributed by atoms with Gasteiger partial charge in [0.05, 0.1) is 12.2 Å². The topological polar surface area (TPSA) is 58.1 Å². The van der Waals surface area contributed by atoms with Crippen LogP contribution in [0.3, 0.4) is 0 Å². The molecule has 1 saturated heterocycles. The predicted octanol–water partition coefficient (Wildman–Crippen LogP) is 0.395. The van der Waals surface area contributed by atoms with E-state index in [1.807, 2.05) is 6.92 Å². The highest BCUT2D eigenvalue weighted by Gasteiger charge is 2.29. The van der Waals surface area contributed by atoms with Gasteiger partial charge < -0.3 is 5.32 Å². The quantitative estimate of drug-likeness (QED) is 0.677. The van der Waals surface area contributed by atoms with E-state index >= 15 is 0 Å². The van der Waals surface area contributed by atoms with Crippen LogP contribution in [0.5, 0.6) is 0 Å². The third-order valence-corrected chi connectivity index (χ3v) is 2.00. The standard InChI is InChI=1S/C8H10N4O/c1-6-4-11-8(13)12(6)7-5-9-2-3-10-7/h2-3,5-6H,4H2,1H3,(H,11,13)/t6-/m1/s1. The summed E-state index contributed by atoms with van der Waals surface area (Å²) in [6.07, 6.45) is 4.75. The van der Waals surface area contributed by atoms with E-state index < -0.39 is 0 Å². The Bertz CT molecular complexity index is 313. The van der Waals surface area contributed by atoms with Crippen molar-refractivity contribution in [2.75, 3.05) is 11.4 Å². The van der Waals surface area contributed by atoms with Gasteiger partial charge in [0.15, 0.2) is 5.82 Å². The third kappa shape index (κ3) is 1.32. The summed E-state index contributed by atoms with van der Waals surface area (Å²) in [5, 5.41) is 2.74. The van der Waals surface area contributed by atoms with Crippen molar-refractivity contribution in [3.8, 4) is 0 Å². The zero-order valence-electron chi connectivity index (χ0n) is 7.27. The lowest BCUT2D eigenvalue weighted by Crippen LogP contribution is -2.32. The van der Waals surface area contributed by atoms with E-state index in [2.05, 4.69) is 15.3 Å². The van der Waals surface area contributed by atoms with Crippen molar-refractivity contribution >= 4 is 11.8 Å². The molecule has 0 aliphatic carbocycles. The van der Waals surface area contributed by atoms with Crippen molar-refractivity contribution in [1.82, 2.24) is 15.3 Å². The molecule has 1 fully saturated rings. The van der Waals surface area contributed by atoms with Gasteiger partial charge in [-0.1, -0.05) is 0 Å². The SMILES string of the molecule is C[C@@H]1CNC(=O)N1c1cnccn1. The van der Waals surface area contributed by atoms with Crippen molar-refractivity contribution in [1.29, 1.82) is 0 Å². The van der Waals surface area contributed by atoms with E-state index in [0.717, 1.165) is 0 Å². The second-order valence-corrected chi connectivity index (χ2v) is 2.97. The fourth-order valence-corrected chi connectivity index (χ4v) is 1.36. The van der Waals surface area contributed by atoms with Gasteiger partial charge in [0, 0.05) is 18.9 Å². The molecule has 1 atom stereocenters. The van der Waals surface area contributed by atoms with E-state index in [0.29, 0.717) is 12.4 Å². The second kappa shape index (κ2) is 3.01. The Hall–Kier alpha value is -1.65. The highest BCUT2D eigenvalue weighted by molar-refractivity contribution is 5.93. The minimum Gasteiger partial charge on any atom is -0.336 e. The van der Waals surface area contributed by atoms with Crippen molar-refractivity contribution in [2.24, 2.45) is 0 Å². The van der Waals surface area contributed by atoms with Crippen molar-refractivity contribution in [2.45, 2.75) is 13.0 Å². The van der Waals surface area contributed by atoms with Gasteiger partial charge in [-0.2, -0.15) is 0 Å². The average molecular weight is 178 g/mol. The summed E-state index contributed by atoms with van der Waals surface area (Å²) in [5.41, 5.74) is 0. The number of carbonyl (C=O) groups excluding carboxylic acids is 1. The number of hydrogen-bond acceptors (Lipinski definition) is 3. The Balaban J connectivity index is 2.30. The number of urea groups is 1. The summed E-state index contributed by atoms with van der Waals surface area (Å²) in [5.74, 6) is 0.602. The van der Waals surface area contributed by atoms with Crippen molar-refractivity contribution in [3.63, 3.8) is 0 Å². The predicted molar refractivity (Wildman–Crippen MR) is 47.4 cm³/mol. The van der Waals surface area contributed by atoms with Crippen LogP contribution in [0.15, 0.2) is 18.6 Å². The zero-order valence-corrected chi connectivity index (χ0v) is 7.27. The lowest BCUT2D eigenvalue weighted by Gasteiger charge is -2.17. The molecule has 0 bridgehead atoms. The average Bonchev–Trinajstić information content (AvgIpc) is 2.48. The van der Waals surface area contributed by atoms with Crippen LogP contribution in [-0.2, 0) is 0 Å². The molecule has 0 radical (unpaired) electrons. The van der Waals surface area contributed by atoms with Gasteiger partial charge in [-0.3, -0.25) is 9.88 Å². The molecule has 5 heteroatoms. The third-order valence-electron chi connectivity index (χ3n) is 2.00. The fraction of sp³-hybridized carbons (Fsp3) is 0.375. The first-order valence-corrected chi connectivity index (χ1v) is 4.12. The molecule has 2 rings (SSSR count). The first-order valence-electron chi connectivity index (χ1n) is 4.12. The van der Waals surface area contributed by atoms with Gasteiger partial charge in [-0.05, 0) is 6.92 Å². The van der Waals surface area contributed by atoms with Crippen LogP contribution in [-0.4, -0.2) is 28.6 Å². The number of amides is 2. The minimum absolute atomic E-state index is 0.104. The molecule has 1 aromatic heterocycles. The van der Waals surface area contributed by atoms with Gasteiger partial charge >= 0.3 is 6.03 Å². The van der Waals surface area contributed by atoms with Crippen LogP contribution >= 0.6 is 0 Å². The Morgan fingerprint density at radius 1 is 1.62 bits per heavy atom. The van der Waals surface area contributed by atoms with Crippen LogP contribution < -0.4 is 10.2 Å². The normalized spacial score (nSPS) is 21.8. The Kier molecular flexibility index (Phi) is 1.84. The molecule has 68 valence electrons. The molecular formula is C8H10N4O. The molecular weight excluding hydrogens is 168 g/mol. The smallest absolute Gasteiger partial charge is 0.323 e. The molecule has 1 aliphatic rings. The van der Waals surface area contributed by atoms with Crippen LogP contribution in [0.4, 0.5) is 10.6 Å². The summed E-state index contributed by atoms with van der Waals surface area (Å²) >= 11 is 0. The summed E-state index contributed by atoms with van der Waals surface area (Å²) in [7, 11) is 0. The van der Waals surface area contributed by atoms with Gasteiger partial charge in [-0.15, -0.1) is 0 Å². The van der Waals surface area contributed by atoms with E-state index in [-0.39, 0.29) is 12.1 Å². The molecule has 0 saturated carbocycles. The van der Waals surface area contributed by atoms with Crippen molar-refractivity contribution < 1.29 is 4.79 Å². The van der Waals surface area contributed by atoms with Crippen LogP contribution in [0.1, 0.15) is 6.92 Å². The highest BCUT2D eigenvalue weighted by atomic mass is 16.2. The van der Waals surface area contributed by atoms with Crippen LogP contribution in [0.2, 0.25) is 0 Å². The maximum Gasteiger partial charge on any atom is 0.323 e. The molecule has 2 amide bonds. The van der Waals surface area contributed by atoms with Gasteiger partial charge in [0.25, 0.3) is 0 Å². The molecule has 1 aromatic rings. The molecule has 1 N–H and O–H groups in total. The van der Waals surface area contributed by atoms with Gasteiger partial charge in [-0.25, -0.2) is 9.78 Å². The molecule has 13 heavy (non-hydrogen) atoms. The van der Waals surface area contributed by atoms with E-state index in [1.54, 1.807) is 23.5 Å². The van der Waals surface area contributed by atoms with E-state index in [1.165, 1.54) is 0 Å². The van der Waals surface area contributed by atoms with E-state index in [9.17, 15) is 4.79 Å². The molecule has 0 spiro atoms. The number of nitrogens with one attached hydrogen (secondary N) is 1. The van der Waals surface area contributed by atoms with Crippen molar-refractivity contribution in [3.05, 3.63) is 18.6 Å².